The molecule has 0 amide bonds. The van der Waals surface area contributed by atoms with Crippen molar-refractivity contribution in [2.24, 2.45) is 0 Å². The Morgan fingerprint density at radius 3 is 2.79 bits per heavy atom. The molecule has 0 aliphatic rings. The lowest BCUT2D eigenvalue weighted by atomic mass is 10.1. The Bertz CT molecular complexity index is 291. The summed E-state index contributed by atoms with van der Waals surface area (Å²) in [6, 6.07) is 4.66. The summed E-state index contributed by atoms with van der Waals surface area (Å²) in [4.78, 5) is 3.66. The van der Waals surface area contributed by atoms with Crippen molar-refractivity contribution in [3.63, 3.8) is 0 Å². The molecule has 1 heterocycles. The van der Waals surface area contributed by atoms with Crippen LogP contribution >= 0.6 is 0 Å². The van der Waals surface area contributed by atoms with Crippen LogP contribution in [0.2, 0.25) is 0 Å². The van der Waals surface area contributed by atoms with Crippen molar-refractivity contribution < 1.29 is 9.50 Å². The number of nitrogens with zero attached hydrogens (tertiary/aromatic N) is 1. The van der Waals surface area contributed by atoms with Gasteiger partial charge in [-0.05, 0) is 32.4 Å². The maximum absolute atomic E-state index is 12.7. The lowest BCUT2D eigenvalue weighted by molar-refractivity contribution is 0.179. The van der Waals surface area contributed by atoms with Crippen LogP contribution in [0.1, 0.15) is 20.3 Å². The van der Waals surface area contributed by atoms with Gasteiger partial charge >= 0.3 is 0 Å². The van der Waals surface area contributed by atoms with Gasteiger partial charge in [0.05, 0.1) is 6.10 Å². The number of aliphatic hydroxyl groups excluding tert-OH is 1. The number of pyridine rings is 1. The van der Waals surface area contributed by atoms with Crippen LogP contribution in [-0.4, -0.2) is 22.2 Å². The summed E-state index contributed by atoms with van der Waals surface area (Å²) in [5.41, 5.74) is 0. The van der Waals surface area contributed by atoms with E-state index in [0.29, 0.717) is 12.2 Å². The van der Waals surface area contributed by atoms with E-state index in [1.54, 1.807) is 19.1 Å². The average Bonchev–Trinajstić information content (AvgIpc) is 2.01. The van der Waals surface area contributed by atoms with E-state index >= 15 is 0 Å². The number of aromatic nitrogens is 1. The standard InChI is InChI=1S/C10H15FN2O/c1-7(6-8(2)14)12-10-5-3-4-9(11)13-10/h3-5,7-8,14H,6H2,1-2H3,(H,12,13). The summed E-state index contributed by atoms with van der Waals surface area (Å²) >= 11 is 0. The summed E-state index contributed by atoms with van der Waals surface area (Å²) in [6.07, 6.45) is 0.240. The Kier molecular flexibility index (Phi) is 3.83. The van der Waals surface area contributed by atoms with Crippen LogP contribution in [0, 0.1) is 5.95 Å². The van der Waals surface area contributed by atoms with E-state index in [2.05, 4.69) is 10.3 Å². The molecule has 3 nitrogen and oxygen atoms in total. The molecule has 78 valence electrons. The molecule has 2 atom stereocenters. The number of aliphatic hydroxyl groups is 1. The fourth-order valence-corrected chi connectivity index (χ4v) is 1.31. The Morgan fingerprint density at radius 2 is 2.21 bits per heavy atom. The normalized spacial score (nSPS) is 14.9. The third-order valence-electron chi connectivity index (χ3n) is 1.80. The predicted octanol–water partition coefficient (Wildman–Crippen LogP) is 1.79. The Hall–Kier alpha value is -1.16. The predicted molar refractivity (Wildman–Crippen MR) is 53.6 cm³/mol. The lowest BCUT2D eigenvalue weighted by Crippen LogP contribution is -2.21. The lowest BCUT2D eigenvalue weighted by Gasteiger charge is -2.15. The first-order chi connectivity index (χ1) is 6.58. The van der Waals surface area contributed by atoms with Crippen LogP contribution in [0.4, 0.5) is 10.2 Å². The van der Waals surface area contributed by atoms with Crippen LogP contribution in [-0.2, 0) is 0 Å². The van der Waals surface area contributed by atoms with Crippen molar-refractivity contribution in [1.29, 1.82) is 0 Å². The molecule has 0 saturated carbocycles. The van der Waals surface area contributed by atoms with E-state index in [0.717, 1.165) is 0 Å². The Morgan fingerprint density at radius 1 is 1.50 bits per heavy atom. The second kappa shape index (κ2) is 4.91. The molecule has 4 heteroatoms. The maximum Gasteiger partial charge on any atom is 0.214 e. The van der Waals surface area contributed by atoms with Crippen molar-refractivity contribution in [3.05, 3.63) is 24.1 Å². The first kappa shape index (κ1) is 10.9. The monoisotopic (exact) mass is 198 g/mol. The van der Waals surface area contributed by atoms with E-state index in [4.69, 9.17) is 5.11 Å². The van der Waals surface area contributed by atoms with Crippen LogP contribution < -0.4 is 5.32 Å². The minimum Gasteiger partial charge on any atom is -0.393 e. The quantitative estimate of drug-likeness (QED) is 0.725. The van der Waals surface area contributed by atoms with Gasteiger partial charge in [-0.1, -0.05) is 6.07 Å². The summed E-state index contributed by atoms with van der Waals surface area (Å²) in [7, 11) is 0. The average molecular weight is 198 g/mol. The summed E-state index contributed by atoms with van der Waals surface area (Å²) in [5, 5.41) is 12.1. The number of rotatable bonds is 4. The van der Waals surface area contributed by atoms with Crippen LogP contribution in [0.25, 0.3) is 0 Å². The molecule has 0 aromatic carbocycles. The first-order valence-corrected chi connectivity index (χ1v) is 4.65. The van der Waals surface area contributed by atoms with Gasteiger partial charge in [0.25, 0.3) is 0 Å². The van der Waals surface area contributed by atoms with E-state index < -0.39 is 5.95 Å². The number of halogens is 1. The van der Waals surface area contributed by atoms with Crippen molar-refractivity contribution in [3.8, 4) is 0 Å². The zero-order chi connectivity index (χ0) is 10.6. The van der Waals surface area contributed by atoms with Gasteiger partial charge < -0.3 is 10.4 Å². The second-order valence-corrected chi connectivity index (χ2v) is 3.48. The molecule has 1 rings (SSSR count). The largest absolute Gasteiger partial charge is 0.393 e. The molecule has 0 spiro atoms. The Labute approximate surface area is 83.0 Å². The second-order valence-electron chi connectivity index (χ2n) is 3.48. The zero-order valence-corrected chi connectivity index (χ0v) is 8.37. The molecule has 0 fully saturated rings. The third-order valence-corrected chi connectivity index (χ3v) is 1.80. The first-order valence-electron chi connectivity index (χ1n) is 4.65. The van der Waals surface area contributed by atoms with Gasteiger partial charge in [0, 0.05) is 6.04 Å². The van der Waals surface area contributed by atoms with Gasteiger partial charge in [0.2, 0.25) is 5.95 Å². The highest BCUT2D eigenvalue weighted by Crippen LogP contribution is 2.08. The van der Waals surface area contributed by atoms with Crippen molar-refractivity contribution >= 4 is 5.82 Å². The smallest absolute Gasteiger partial charge is 0.214 e. The number of hydrogen-bond acceptors (Lipinski definition) is 3. The van der Waals surface area contributed by atoms with Crippen LogP contribution in [0.15, 0.2) is 18.2 Å². The number of nitrogens with one attached hydrogen (secondary N) is 1. The highest BCUT2D eigenvalue weighted by atomic mass is 19.1. The van der Waals surface area contributed by atoms with Gasteiger partial charge in [0.15, 0.2) is 0 Å². The van der Waals surface area contributed by atoms with Gasteiger partial charge in [-0.25, -0.2) is 4.98 Å². The summed E-state index contributed by atoms with van der Waals surface area (Å²) < 4.78 is 12.7. The van der Waals surface area contributed by atoms with Crippen LogP contribution in [0.3, 0.4) is 0 Å². The van der Waals surface area contributed by atoms with Gasteiger partial charge in [-0.15, -0.1) is 0 Å². The van der Waals surface area contributed by atoms with Gasteiger partial charge in [-0.2, -0.15) is 4.39 Å². The minimum absolute atomic E-state index is 0.0734. The fraction of sp³-hybridized carbons (Fsp3) is 0.500. The van der Waals surface area contributed by atoms with Gasteiger partial charge in [-0.3, -0.25) is 0 Å². The summed E-state index contributed by atoms with van der Waals surface area (Å²) in [6.45, 7) is 3.64. The van der Waals surface area contributed by atoms with E-state index in [9.17, 15) is 4.39 Å². The highest BCUT2D eigenvalue weighted by Gasteiger charge is 2.06. The molecule has 0 aliphatic heterocycles. The molecule has 14 heavy (non-hydrogen) atoms. The summed E-state index contributed by atoms with van der Waals surface area (Å²) in [5.74, 6) is -0.00241. The number of anilines is 1. The van der Waals surface area contributed by atoms with E-state index in [1.165, 1.54) is 6.07 Å². The van der Waals surface area contributed by atoms with Crippen LogP contribution in [0.5, 0.6) is 0 Å². The Balaban J connectivity index is 2.51. The van der Waals surface area contributed by atoms with Gasteiger partial charge in [0.1, 0.15) is 5.82 Å². The molecule has 0 bridgehead atoms. The fourth-order valence-electron chi connectivity index (χ4n) is 1.31. The SMILES string of the molecule is CC(O)CC(C)Nc1cccc(F)n1. The van der Waals surface area contributed by atoms with Crippen molar-refractivity contribution in [1.82, 2.24) is 4.98 Å². The third kappa shape index (κ3) is 3.70. The number of hydrogen-bond donors (Lipinski definition) is 2. The molecule has 2 N–H and O–H groups in total. The van der Waals surface area contributed by atoms with Crippen molar-refractivity contribution in [2.45, 2.75) is 32.4 Å². The highest BCUT2D eigenvalue weighted by molar-refractivity contribution is 5.34. The molecule has 0 aliphatic carbocycles. The molecule has 2 unspecified atom stereocenters. The van der Waals surface area contributed by atoms with E-state index in [-0.39, 0.29) is 12.1 Å². The topological polar surface area (TPSA) is 45.1 Å². The molecule has 0 saturated heterocycles. The zero-order valence-electron chi connectivity index (χ0n) is 8.37. The maximum atomic E-state index is 12.7. The van der Waals surface area contributed by atoms with E-state index in [1.807, 2.05) is 6.92 Å². The molecule has 0 radical (unpaired) electrons. The molecule has 1 aromatic heterocycles. The molecular formula is C10H15FN2O. The molecule has 1 aromatic rings. The molecular weight excluding hydrogens is 183 g/mol. The minimum atomic E-state index is -0.501. The van der Waals surface area contributed by atoms with Crippen molar-refractivity contribution in [2.75, 3.05) is 5.32 Å².